The van der Waals surface area contributed by atoms with Crippen molar-refractivity contribution in [2.24, 2.45) is 0 Å². The van der Waals surface area contributed by atoms with Crippen molar-refractivity contribution in [1.29, 1.82) is 0 Å². The van der Waals surface area contributed by atoms with E-state index in [0.29, 0.717) is 6.42 Å². The van der Waals surface area contributed by atoms with Gasteiger partial charge in [0.25, 0.3) is 0 Å². The molecule has 2 atom stereocenters. The fraction of sp³-hybridized carbons (Fsp3) is 0.667. The van der Waals surface area contributed by atoms with Gasteiger partial charge in [-0.15, -0.1) is 0 Å². The molecule has 0 aliphatic carbocycles. The van der Waals surface area contributed by atoms with Gasteiger partial charge in [0.15, 0.2) is 0 Å². The van der Waals surface area contributed by atoms with Gasteiger partial charge < -0.3 is 10.2 Å². The van der Waals surface area contributed by atoms with Crippen molar-refractivity contribution in [3.63, 3.8) is 0 Å². The highest BCUT2D eigenvalue weighted by Crippen LogP contribution is 2.24. The number of aromatic nitrogens is 2. The number of carbonyl (C=O) groups is 2. The molecule has 6 heteroatoms. The summed E-state index contributed by atoms with van der Waals surface area (Å²) in [6, 6.07) is -0.366. The van der Waals surface area contributed by atoms with E-state index in [1.807, 2.05) is 20.8 Å². The maximum atomic E-state index is 12.2. The summed E-state index contributed by atoms with van der Waals surface area (Å²) in [5, 5.41) is 9.98. The van der Waals surface area contributed by atoms with Crippen LogP contribution in [0.4, 0.5) is 0 Å². The van der Waals surface area contributed by atoms with Crippen molar-refractivity contribution in [1.82, 2.24) is 20.4 Å². The molecule has 1 saturated heterocycles. The van der Waals surface area contributed by atoms with Crippen molar-refractivity contribution in [3.8, 4) is 0 Å². The monoisotopic (exact) mass is 292 g/mol. The third kappa shape index (κ3) is 3.43. The Balaban J connectivity index is 1.94. The van der Waals surface area contributed by atoms with Gasteiger partial charge in [0.2, 0.25) is 11.8 Å². The summed E-state index contributed by atoms with van der Waals surface area (Å²) in [6.07, 6.45) is 2.03. The third-order valence-electron chi connectivity index (χ3n) is 4.17. The number of amides is 2. The average Bonchev–Trinajstić information content (AvgIpc) is 2.74. The Morgan fingerprint density at radius 2 is 2.24 bits per heavy atom. The molecule has 21 heavy (non-hydrogen) atoms. The molecule has 2 heterocycles. The summed E-state index contributed by atoms with van der Waals surface area (Å²) in [5.41, 5.74) is 3.03. The minimum atomic E-state index is -0.366. The zero-order valence-corrected chi connectivity index (χ0v) is 13.2. The zero-order valence-electron chi connectivity index (χ0n) is 13.2. The number of hydrogen-bond acceptors (Lipinski definition) is 3. The van der Waals surface area contributed by atoms with E-state index in [-0.39, 0.29) is 23.8 Å². The largest absolute Gasteiger partial charge is 0.344 e. The molecule has 2 rings (SSSR count). The Morgan fingerprint density at radius 3 is 2.86 bits per heavy atom. The van der Waals surface area contributed by atoms with Crippen LogP contribution in [0, 0.1) is 13.8 Å². The molecule has 1 aliphatic rings. The van der Waals surface area contributed by atoms with Crippen molar-refractivity contribution < 1.29 is 9.59 Å². The summed E-state index contributed by atoms with van der Waals surface area (Å²) >= 11 is 0. The first-order valence-corrected chi connectivity index (χ1v) is 7.46. The Hall–Kier alpha value is -1.85. The third-order valence-corrected chi connectivity index (χ3v) is 4.17. The second kappa shape index (κ2) is 6.28. The van der Waals surface area contributed by atoms with Gasteiger partial charge in [0.1, 0.15) is 6.04 Å². The molecule has 116 valence electrons. The van der Waals surface area contributed by atoms with Crippen LogP contribution in [0.2, 0.25) is 0 Å². The van der Waals surface area contributed by atoms with Crippen LogP contribution < -0.4 is 5.32 Å². The van der Waals surface area contributed by atoms with Gasteiger partial charge in [-0.1, -0.05) is 6.92 Å². The van der Waals surface area contributed by atoms with Crippen LogP contribution in [-0.2, 0) is 9.59 Å². The molecule has 1 aromatic heterocycles. The fourth-order valence-electron chi connectivity index (χ4n) is 3.09. The number of rotatable bonds is 4. The first-order chi connectivity index (χ1) is 9.90. The predicted molar refractivity (Wildman–Crippen MR) is 79.9 cm³/mol. The number of nitrogens with zero attached hydrogens (tertiary/aromatic N) is 2. The van der Waals surface area contributed by atoms with E-state index in [0.717, 1.165) is 36.3 Å². The molecular formula is C15H24N4O2. The van der Waals surface area contributed by atoms with Crippen LogP contribution in [0.1, 0.15) is 49.1 Å². The van der Waals surface area contributed by atoms with Gasteiger partial charge in [-0.25, -0.2) is 0 Å². The van der Waals surface area contributed by atoms with E-state index in [4.69, 9.17) is 0 Å². The number of aromatic amines is 1. The summed E-state index contributed by atoms with van der Waals surface area (Å²) < 4.78 is 0. The van der Waals surface area contributed by atoms with Gasteiger partial charge in [0, 0.05) is 25.7 Å². The number of carbonyl (C=O) groups excluding carboxylic acids is 2. The van der Waals surface area contributed by atoms with Crippen LogP contribution in [0.5, 0.6) is 0 Å². The number of aryl methyl sites for hydroxylation is 2. The number of hydrogen-bond donors (Lipinski definition) is 2. The van der Waals surface area contributed by atoms with E-state index in [1.54, 1.807) is 11.9 Å². The summed E-state index contributed by atoms with van der Waals surface area (Å²) in [7, 11) is 1.78. The maximum Gasteiger partial charge on any atom is 0.244 e. The van der Waals surface area contributed by atoms with Crippen LogP contribution in [0.15, 0.2) is 0 Å². The van der Waals surface area contributed by atoms with Crippen molar-refractivity contribution >= 4 is 11.8 Å². The van der Waals surface area contributed by atoms with Crippen LogP contribution in [0.25, 0.3) is 0 Å². The minimum absolute atomic E-state index is 0.0120. The highest BCUT2D eigenvalue weighted by molar-refractivity contribution is 5.88. The molecule has 2 amide bonds. The standard InChI is InChI=1S/C15H24N4O2/c1-9(14-10(2)17-18-11(14)3)8-13(20)16-12-6-5-7-19(4)15(12)21/h9,12H,5-8H2,1-4H3,(H,16,20)(H,17,18). The SMILES string of the molecule is Cc1n[nH]c(C)c1C(C)CC(=O)NC1CCCN(C)C1=O. The molecule has 0 spiro atoms. The number of H-pyrrole nitrogens is 1. The van der Waals surface area contributed by atoms with Gasteiger partial charge in [0.05, 0.1) is 5.69 Å². The quantitative estimate of drug-likeness (QED) is 0.877. The predicted octanol–water partition coefficient (Wildman–Crippen LogP) is 1.26. The van der Waals surface area contributed by atoms with E-state index >= 15 is 0 Å². The fourth-order valence-corrected chi connectivity index (χ4v) is 3.09. The van der Waals surface area contributed by atoms with Gasteiger partial charge >= 0.3 is 0 Å². The molecule has 1 fully saturated rings. The van der Waals surface area contributed by atoms with E-state index in [2.05, 4.69) is 15.5 Å². The Labute approximate surface area is 125 Å². The maximum absolute atomic E-state index is 12.2. The lowest BCUT2D eigenvalue weighted by Crippen LogP contribution is -2.50. The molecule has 2 unspecified atom stereocenters. The Morgan fingerprint density at radius 1 is 1.52 bits per heavy atom. The van der Waals surface area contributed by atoms with Crippen molar-refractivity contribution in [2.75, 3.05) is 13.6 Å². The number of likely N-dealkylation sites (N-methyl/N-ethyl adjacent to an activating group) is 1. The lowest BCUT2D eigenvalue weighted by atomic mass is 9.95. The summed E-state index contributed by atoms with van der Waals surface area (Å²) in [4.78, 5) is 25.8. The van der Waals surface area contributed by atoms with E-state index < -0.39 is 0 Å². The molecule has 6 nitrogen and oxygen atoms in total. The lowest BCUT2D eigenvalue weighted by Gasteiger charge is -2.29. The van der Waals surface area contributed by atoms with Crippen LogP contribution in [-0.4, -0.2) is 46.5 Å². The first kappa shape index (κ1) is 15.5. The summed E-state index contributed by atoms with van der Waals surface area (Å²) in [5.74, 6) is 0.0225. The highest BCUT2D eigenvalue weighted by atomic mass is 16.2. The molecular weight excluding hydrogens is 268 g/mol. The lowest BCUT2D eigenvalue weighted by molar-refractivity contribution is -0.137. The minimum Gasteiger partial charge on any atom is -0.344 e. The summed E-state index contributed by atoms with van der Waals surface area (Å²) in [6.45, 7) is 6.69. The molecule has 1 aromatic rings. The number of piperidine rings is 1. The Bertz CT molecular complexity index is 518. The molecule has 1 aliphatic heterocycles. The molecule has 0 aromatic carbocycles. The first-order valence-electron chi connectivity index (χ1n) is 7.46. The van der Waals surface area contributed by atoms with Gasteiger partial charge in [-0.2, -0.15) is 5.10 Å². The van der Waals surface area contributed by atoms with Crippen molar-refractivity contribution in [3.05, 3.63) is 17.0 Å². The second-order valence-corrected chi connectivity index (χ2v) is 5.97. The van der Waals surface area contributed by atoms with E-state index in [9.17, 15) is 9.59 Å². The number of nitrogens with one attached hydrogen (secondary N) is 2. The topological polar surface area (TPSA) is 78.1 Å². The smallest absolute Gasteiger partial charge is 0.244 e. The van der Waals surface area contributed by atoms with Crippen LogP contribution in [0.3, 0.4) is 0 Å². The van der Waals surface area contributed by atoms with Gasteiger partial charge in [-0.3, -0.25) is 14.7 Å². The second-order valence-electron chi connectivity index (χ2n) is 5.97. The van der Waals surface area contributed by atoms with Gasteiger partial charge in [-0.05, 0) is 38.2 Å². The van der Waals surface area contributed by atoms with Crippen molar-refractivity contribution in [2.45, 2.75) is 52.0 Å². The number of likely N-dealkylation sites (tertiary alicyclic amines) is 1. The normalized spacial score (nSPS) is 20.5. The average molecular weight is 292 g/mol. The molecule has 0 bridgehead atoms. The molecule has 2 N–H and O–H groups in total. The van der Waals surface area contributed by atoms with E-state index in [1.165, 1.54) is 0 Å². The van der Waals surface area contributed by atoms with Crippen LogP contribution >= 0.6 is 0 Å². The molecule has 0 saturated carbocycles. The highest BCUT2D eigenvalue weighted by Gasteiger charge is 2.28. The Kier molecular flexibility index (Phi) is 4.65. The zero-order chi connectivity index (χ0) is 15.6. The molecule has 0 radical (unpaired) electrons.